The zero-order valence-corrected chi connectivity index (χ0v) is 37.9. The molecular weight excluding hydrogens is 841 g/mol. The van der Waals surface area contributed by atoms with Crippen LogP contribution in [0.15, 0.2) is 253 Å². The quantitative estimate of drug-likeness (QED) is 0.113. The second-order valence-corrected chi connectivity index (χ2v) is 17.2. The molecule has 0 amide bonds. The molecular formula is C63H44N6. The van der Waals surface area contributed by atoms with Crippen molar-refractivity contribution in [3.05, 3.63) is 254 Å². The van der Waals surface area contributed by atoms with Crippen LogP contribution in [0.1, 0.15) is 18.1 Å². The van der Waals surface area contributed by atoms with Crippen molar-refractivity contribution < 1.29 is 0 Å². The number of amidine groups is 1. The van der Waals surface area contributed by atoms with E-state index in [0.29, 0.717) is 17.4 Å². The van der Waals surface area contributed by atoms with Crippen molar-refractivity contribution in [2.24, 2.45) is 9.98 Å². The number of rotatable bonds is 8. The van der Waals surface area contributed by atoms with Crippen LogP contribution in [-0.2, 0) is 0 Å². The first-order valence-electron chi connectivity index (χ1n) is 23.2. The Bertz CT molecular complexity index is 3830. The molecule has 0 saturated carbocycles. The van der Waals surface area contributed by atoms with Gasteiger partial charge < -0.3 is 4.57 Å². The molecule has 0 saturated heterocycles. The molecule has 326 valence electrons. The molecule has 0 aliphatic rings. The van der Waals surface area contributed by atoms with E-state index < -0.39 is 0 Å². The third-order valence-electron chi connectivity index (χ3n) is 12.9. The molecule has 0 unspecified atom stereocenters. The van der Waals surface area contributed by atoms with Gasteiger partial charge in [0.15, 0.2) is 11.7 Å². The molecule has 0 fully saturated rings. The summed E-state index contributed by atoms with van der Waals surface area (Å²) in [6.07, 6.45) is 0. The van der Waals surface area contributed by atoms with E-state index in [0.717, 1.165) is 83.7 Å². The van der Waals surface area contributed by atoms with Crippen LogP contribution in [0.25, 0.3) is 100 Å². The van der Waals surface area contributed by atoms with Crippen molar-refractivity contribution in [3.8, 4) is 50.7 Å². The van der Waals surface area contributed by atoms with E-state index in [-0.39, 0.29) is 0 Å². The first-order valence-corrected chi connectivity index (χ1v) is 23.2. The molecule has 6 heteroatoms. The lowest BCUT2D eigenvalue weighted by atomic mass is 10.0. The topological polar surface area (TPSA) is 60.4 Å². The highest BCUT2D eigenvalue weighted by molar-refractivity contribution is 6.18. The van der Waals surface area contributed by atoms with E-state index in [1.165, 1.54) is 21.8 Å². The summed E-state index contributed by atoms with van der Waals surface area (Å²) in [5.41, 5.74) is 14.9. The predicted octanol–water partition coefficient (Wildman–Crippen LogP) is 15.7. The number of para-hydroxylation sites is 2. The summed E-state index contributed by atoms with van der Waals surface area (Å²) in [5, 5.41) is 4.63. The van der Waals surface area contributed by atoms with Crippen LogP contribution < -0.4 is 0 Å². The van der Waals surface area contributed by atoms with Gasteiger partial charge >= 0.3 is 0 Å². The highest BCUT2D eigenvalue weighted by Gasteiger charge is 2.19. The van der Waals surface area contributed by atoms with Crippen molar-refractivity contribution in [1.29, 1.82) is 0 Å². The summed E-state index contributed by atoms with van der Waals surface area (Å²) in [7, 11) is 0. The minimum absolute atomic E-state index is 0.577. The molecule has 3 heterocycles. The molecule has 0 radical (unpaired) electrons. The van der Waals surface area contributed by atoms with Crippen LogP contribution in [0.4, 0.5) is 0 Å². The summed E-state index contributed by atoms with van der Waals surface area (Å²) in [4.78, 5) is 20.8. The number of aliphatic imine (C=N–C) groups is 2. The second kappa shape index (κ2) is 17.5. The Kier molecular flexibility index (Phi) is 10.5. The highest BCUT2D eigenvalue weighted by atomic mass is 15.1. The van der Waals surface area contributed by atoms with Gasteiger partial charge in [-0.25, -0.2) is 20.0 Å². The maximum atomic E-state index is 5.33. The number of fused-ring (bicyclic) bond motifs is 6. The summed E-state index contributed by atoms with van der Waals surface area (Å²) < 4.78 is 4.60. The molecule has 69 heavy (non-hydrogen) atoms. The van der Waals surface area contributed by atoms with Crippen molar-refractivity contribution in [2.45, 2.75) is 6.92 Å². The summed E-state index contributed by atoms with van der Waals surface area (Å²) in [6.45, 7) is 6.41. The van der Waals surface area contributed by atoms with E-state index in [2.05, 4.69) is 162 Å². The van der Waals surface area contributed by atoms with Crippen LogP contribution in [0.5, 0.6) is 0 Å². The van der Waals surface area contributed by atoms with Gasteiger partial charge in [0.25, 0.3) is 0 Å². The zero-order valence-electron chi connectivity index (χ0n) is 37.9. The Labute approximate surface area is 400 Å². The van der Waals surface area contributed by atoms with Gasteiger partial charge in [0, 0.05) is 49.5 Å². The lowest BCUT2D eigenvalue weighted by Crippen LogP contribution is -2.11. The lowest BCUT2D eigenvalue weighted by Gasteiger charge is -2.11. The number of benzene rings is 9. The second-order valence-electron chi connectivity index (χ2n) is 17.2. The number of hydrogen-bond donors (Lipinski definition) is 0. The standard InChI is InChI=1S/C63H44N6/c1-42(44-19-7-3-8-20-44)64-62(48-25-13-6-14-26-48)65-43(2)68-60-37-33-49(45-31-35-51(36-32-45)69-58-29-17-15-27-52(58)53-28-16-18-30-59(53)69)39-54(60)55-40-50(34-38-61(55)68)63-66-56(46-21-9-4-10-22-46)41-57(67-63)47-23-11-5-12-24-47/h3-41H,1H2,2H3. The van der Waals surface area contributed by atoms with E-state index in [4.69, 9.17) is 20.0 Å². The van der Waals surface area contributed by atoms with Crippen LogP contribution >= 0.6 is 0 Å². The fraction of sp³-hybridized carbons (Fsp3) is 0.0159. The SMILES string of the molecule is C=C(N=C(N=C(C)n1c2ccc(-c3ccc(-n4c5ccccc5c5ccccc54)cc3)cc2c2cc(-c3nc(-c4ccccc4)cc(-c4ccccc4)n3)ccc21)c1ccccc1)c1ccccc1. The molecule has 0 spiro atoms. The molecule has 6 nitrogen and oxygen atoms in total. The maximum absolute atomic E-state index is 5.33. The average molecular weight is 885 g/mol. The third-order valence-corrected chi connectivity index (χ3v) is 12.9. The van der Waals surface area contributed by atoms with Crippen molar-refractivity contribution in [3.63, 3.8) is 0 Å². The van der Waals surface area contributed by atoms with Gasteiger partial charge in [-0.3, -0.25) is 4.57 Å². The van der Waals surface area contributed by atoms with Gasteiger partial charge in [-0.05, 0) is 84.3 Å². The van der Waals surface area contributed by atoms with Gasteiger partial charge in [0.05, 0.1) is 39.2 Å². The first kappa shape index (κ1) is 41.2. The number of aromatic nitrogens is 4. The third kappa shape index (κ3) is 7.70. The Morgan fingerprint density at radius 3 is 1.42 bits per heavy atom. The van der Waals surface area contributed by atoms with Crippen LogP contribution in [0.3, 0.4) is 0 Å². The van der Waals surface area contributed by atoms with E-state index >= 15 is 0 Å². The Morgan fingerprint density at radius 1 is 0.391 bits per heavy atom. The predicted molar refractivity (Wildman–Crippen MR) is 288 cm³/mol. The minimum atomic E-state index is 0.577. The van der Waals surface area contributed by atoms with Crippen LogP contribution in [0, 0.1) is 0 Å². The van der Waals surface area contributed by atoms with Gasteiger partial charge in [-0.15, -0.1) is 0 Å². The Morgan fingerprint density at radius 2 is 0.855 bits per heavy atom. The Balaban J connectivity index is 1.03. The average Bonchev–Trinajstić information content (AvgIpc) is 3.94. The first-order chi connectivity index (χ1) is 34.0. The van der Waals surface area contributed by atoms with E-state index in [1.54, 1.807) is 0 Å². The van der Waals surface area contributed by atoms with Crippen molar-refractivity contribution >= 4 is 61.0 Å². The lowest BCUT2D eigenvalue weighted by molar-refractivity contribution is 1.18. The van der Waals surface area contributed by atoms with E-state index in [9.17, 15) is 0 Å². The molecule has 0 aliphatic carbocycles. The van der Waals surface area contributed by atoms with E-state index in [1.807, 2.05) is 97.1 Å². The molecule has 3 aromatic heterocycles. The number of nitrogens with zero attached hydrogens (tertiary/aromatic N) is 6. The molecule has 0 bridgehead atoms. The maximum Gasteiger partial charge on any atom is 0.161 e. The fourth-order valence-electron chi connectivity index (χ4n) is 9.55. The van der Waals surface area contributed by atoms with Gasteiger partial charge in [-0.2, -0.15) is 0 Å². The highest BCUT2D eigenvalue weighted by Crippen LogP contribution is 2.38. The van der Waals surface area contributed by atoms with Gasteiger partial charge in [0.1, 0.15) is 5.84 Å². The van der Waals surface area contributed by atoms with Crippen LogP contribution in [0.2, 0.25) is 0 Å². The smallest absolute Gasteiger partial charge is 0.161 e. The monoisotopic (exact) mass is 884 g/mol. The largest absolute Gasteiger partial charge is 0.309 e. The van der Waals surface area contributed by atoms with Crippen LogP contribution in [-0.4, -0.2) is 30.8 Å². The Hall–Kier alpha value is -9.26. The van der Waals surface area contributed by atoms with Gasteiger partial charge in [0.2, 0.25) is 0 Å². The molecule has 0 atom stereocenters. The molecule has 0 N–H and O–H groups in total. The number of hydrogen-bond acceptors (Lipinski definition) is 3. The minimum Gasteiger partial charge on any atom is -0.309 e. The molecule has 12 aromatic rings. The normalized spacial score (nSPS) is 12.1. The van der Waals surface area contributed by atoms with Crippen molar-refractivity contribution in [1.82, 2.24) is 19.1 Å². The zero-order chi connectivity index (χ0) is 46.3. The fourth-order valence-corrected chi connectivity index (χ4v) is 9.55. The molecule has 0 aliphatic heterocycles. The summed E-state index contributed by atoms with van der Waals surface area (Å²) in [6, 6.07) is 82.3. The summed E-state index contributed by atoms with van der Waals surface area (Å²) >= 11 is 0. The van der Waals surface area contributed by atoms with Crippen molar-refractivity contribution in [2.75, 3.05) is 0 Å². The van der Waals surface area contributed by atoms with Gasteiger partial charge in [-0.1, -0.05) is 183 Å². The summed E-state index contributed by atoms with van der Waals surface area (Å²) in [5.74, 6) is 1.99. The molecule has 12 rings (SSSR count). The molecule has 9 aromatic carbocycles.